The second kappa shape index (κ2) is 5.48. The number of hydrogen-bond donors (Lipinski definition) is 1. The molecule has 17 heavy (non-hydrogen) atoms. The highest BCUT2D eigenvalue weighted by molar-refractivity contribution is 7.85. The Bertz CT molecular complexity index is 304. The van der Waals surface area contributed by atoms with Crippen LogP contribution in [0, 0.1) is 0 Å². The first-order valence-electron chi connectivity index (χ1n) is 6.51. The Kier molecular flexibility index (Phi) is 4.20. The van der Waals surface area contributed by atoms with Crippen LogP contribution in [0.25, 0.3) is 0 Å². The van der Waals surface area contributed by atoms with Gasteiger partial charge < -0.3 is 10.6 Å². The molecule has 1 aliphatic carbocycles. The lowest BCUT2D eigenvalue weighted by Crippen LogP contribution is -2.49. The summed E-state index contributed by atoms with van der Waals surface area (Å²) in [6.07, 6.45) is 5.95. The molecule has 0 bridgehead atoms. The molecular weight excluding hydrogens is 236 g/mol. The van der Waals surface area contributed by atoms with E-state index in [1.165, 1.54) is 6.42 Å². The third-order valence-corrected chi connectivity index (χ3v) is 5.16. The first kappa shape index (κ1) is 13.0. The summed E-state index contributed by atoms with van der Waals surface area (Å²) in [6.45, 7) is 1.28. The summed E-state index contributed by atoms with van der Waals surface area (Å²) in [5.41, 5.74) is 6.01. The van der Waals surface area contributed by atoms with Crippen molar-refractivity contribution in [1.82, 2.24) is 4.90 Å². The van der Waals surface area contributed by atoms with Gasteiger partial charge in [-0.15, -0.1) is 0 Å². The summed E-state index contributed by atoms with van der Waals surface area (Å²) >= 11 is 0. The van der Waals surface area contributed by atoms with E-state index in [-0.39, 0.29) is 11.4 Å². The number of nitrogens with zero attached hydrogens (tertiary/aromatic N) is 1. The lowest BCUT2D eigenvalue weighted by Gasteiger charge is -2.35. The molecule has 0 unspecified atom stereocenters. The van der Waals surface area contributed by atoms with Crippen LogP contribution < -0.4 is 5.73 Å². The van der Waals surface area contributed by atoms with Crippen LogP contribution in [0.15, 0.2) is 0 Å². The fourth-order valence-corrected chi connectivity index (χ4v) is 3.79. The highest BCUT2D eigenvalue weighted by atomic mass is 32.2. The fourth-order valence-electron chi connectivity index (χ4n) is 2.73. The minimum Gasteiger partial charge on any atom is -0.341 e. The second-order valence-electron chi connectivity index (χ2n) is 5.33. The van der Waals surface area contributed by atoms with E-state index in [0.29, 0.717) is 31.0 Å². The summed E-state index contributed by atoms with van der Waals surface area (Å²) in [5.74, 6) is 1.41. The zero-order chi connectivity index (χ0) is 12.3. The van der Waals surface area contributed by atoms with Crippen LogP contribution in [-0.4, -0.2) is 45.2 Å². The van der Waals surface area contributed by atoms with Crippen LogP contribution in [-0.2, 0) is 15.6 Å². The lowest BCUT2D eigenvalue weighted by molar-refractivity contribution is -0.132. The van der Waals surface area contributed by atoms with E-state index in [9.17, 15) is 9.00 Å². The molecule has 0 aromatic rings. The normalized spacial score (nSPS) is 25.8. The molecule has 98 valence electrons. The zero-order valence-electron chi connectivity index (χ0n) is 10.3. The molecule has 0 spiro atoms. The van der Waals surface area contributed by atoms with E-state index < -0.39 is 10.8 Å². The standard InChI is InChI=1S/C12H22N2O2S/c13-12(4-2-1-3-5-12)10-11(15)14-6-8-17(16)9-7-14/h1-10,13H2. The van der Waals surface area contributed by atoms with Crippen molar-refractivity contribution in [3.63, 3.8) is 0 Å². The number of rotatable bonds is 2. The minimum absolute atomic E-state index is 0.158. The van der Waals surface area contributed by atoms with Crippen molar-refractivity contribution in [3.8, 4) is 0 Å². The third-order valence-electron chi connectivity index (χ3n) is 3.88. The van der Waals surface area contributed by atoms with Gasteiger partial charge in [-0.2, -0.15) is 0 Å². The first-order valence-corrected chi connectivity index (χ1v) is 8.00. The number of carbonyl (C=O) groups is 1. The lowest BCUT2D eigenvalue weighted by atomic mass is 9.80. The Hall–Kier alpha value is -0.420. The van der Waals surface area contributed by atoms with Gasteiger partial charge >= 0.3 is 0 Å². The maximum absolute atomic E-state index is 12.1. The van der Waals surface area contributed by atoms with E-state index in [1.807, 2.05) is 4.90 Å². The van der Waals surface area contributed by atoms with Crippen LogP contribution in [0.5, 0.6) is 0 Å². The predicted molar refractivity (Wildman–Crippen MR) is 69.1 cm³/mol. The van der Waals surface area contributed by atoms with E-state index in [4.69, 9.17) is 5.73 Å². The molecule has 0 aromatic heterocycles. The molecule has 2 rings (SSSR count). The summed E-state index contributed by atoms with van der Waals surface area (Å²) in [5, 5.41) is 0. The van der Waals surface area contributed by atoms with Gasteiger partial charge in [-0.25, -0.2) is 0 Å². The van der Waals surface area contributed by atoms with Crippen LogP contribution in [0.1, 0.15) is 38.5 Å². The average molecular weight is 258 g/mol. The van der Waals surface area contributed by atoms with E-state index >= 15 is 0 Å². The molecular formula is C12H22N2O2S. The Labute approximate surface area is 105 Å². The smallest absolute Gasteiger partial charge is 0.224 e. The molecule has 1 heterocycles. The fraction of sp³-hybridized carbons (Fsp3) is 0.917. The molecule has 0 aromatic carbocycles. The Morgan fingerprint density at radius 2 is 1.76 bits per heavy atom. The Morgan fingerprint density at radius 1 is 1.18 bits per heavy atom. The molecule has 0 atom stereocenters. The largest absolute Gasteiger partial charge is 0.341 e. The summed E-state index contributed by atoms with van der Waals surface area (Å²) in [4.78, 5) is 14.0. The van der Waals surface area contributed by atoms with Gasteiger partial charge in [0, 0.05) is 47.4 Å². The Morgan fingerprint density at radius 3 is 2.35 bits per heavy atom. The molecule has 2 aliphatic rings. The van der Waals surface area contributed by atoms with Gasteiger partial charge in [0.1, 0.15) is 0 Å². The van der Waals surface area contributed by atoms with Crippen molar-refractivity contribution in [2.75, 3.05) is 24.6 Å². The van der Waals surface area contributed by atoms with Crippen LogP contribution in [0.4, 0.5) is 0 Å². The van der Waals surface area contributed by atoms with Crippen molar-refractivity contribution in [2.45, 2.75) is 44.1 Å². The third kappa shape index (κ3) is 3.52. The van der Waals surface area contributed by atoms with Crippen molar-refractivity contribution in [1.29, 1.82) is 0 Å². The number of amides is 1. The van der Waals surface area contributed by atoms with Gasteiger partial charge in [0.15, 0.2) is 0 Å². The summed E-state index contributed by atoms with van der Waals surface area (Å²) < 4.78 is 11.2. The number of hydrogen-bond acceptors (Lipinski definition) is 3. The van der Waals surface area contributed by atoms with Gasteiger partial charge in [0.05, 0.1) is 0 Å². The van der Waals surface area contributed by atoms with Gasteiger partial charge in [0.25, 0.3) is 0 Å². The first-order chi connectivity index (χ1) is 8.09. The quantitative estimate of drug-likeness (QED) is 0.790. The van der Waals surface area contributed by atoms with Crippen LogP contribution in [0.2, 0.25) is 0 Å². The number of carbonyl (C=O) groups excluding carboxylic acids is 1. The van der Waals surface area contributed by atoms with Gasteiger partial charge in [0.2, 0.25) is 5.91 Å². The van der Waals surface area contributed by atoms with Gasteiger partial charge in [-0.05, 0) is 12.8 Å². The van der Waals surface area contributed by atoms with Gasteiger partial charge in [-0.1, -0.05) is 19.3 Å². The van der Waals surface area contributed by atoms with Crippen LogP contribution in [0.3, 0.4) is 0 Å². The van der Waals surface area contributed by atoms with E-state index in [0.717, 1.165) is 25.7 Å². The van der Waals surface area contributed by atoms with Crippen molar-refractivity contribution in [2.24, 2.45) is 5.73 Å². The zero-order valence-corrected chi connectivity index (χ0v) is 11.1. The molecule has 1 aliphatic heterocycles. The molecule has 2 fully saturated rings. The molecule has 5 heteroatoms. The van der Waals surface area contributed by atoms with Crippen molar-refractivity contribution in [3.05, 3.63) is 0 Å². The van der Waals surface area contributed by atoms with E-state index in [1.54, 1.807) is 0 Å². The topological polar surface area (TPSA) is 63.4 Å². The predicted octanol–water partition coefficient (Wildman–Crippen LogP) is 0.629. The number of nitrogens with two attached hydrogens (primary N) is 1. The maximum atomic E-state index is 12.1. The second-order valence-corrected chi connectivity index (χ2v) is 7.02. The van der Waals surface area contributed by atoms with Crippen LogP contribution >= 0.6 is 0 Å². The SMILES string of the molecule is NC1(CC(=O)N2CCS(=O)CC2)CCCCC1. The molecule has 4 nitrogen and oxygen atoms in total. The van der Waals surface area contributed by atoms with E-state index in [2.05, 4.69) is 0 Å². The van der Waals surface area contributed by atoms with Crippen molar-refractivity contribution >= 4 is 16.7 Å². The molecule has 0 radical (unpaired) electrons. The molecule has 1 saturated carbocycles. The maximum Gasteiger partial charge on any atom is 0.224 e. The summed E-state index contributed by atoms with van der Waals surface area (Å²) in [6, 6.07) is 0. The highest BCUT2D eigenvalue weighted by Gasteiger charge is 2.32. The highest BCUT2D eigenvalue weighted by Crippen LogP contribution is 2.29. The summed E-state index contributed by atoms with van der Waals surface area (Å²) in [7, 11) is -0.720. The average Bonchev–Trinajstić information content (AvgIpc) is 2.30. The Balaban J connectivity index is 1.85. The molecule has 1 amide bonds. The molecule has 2 N–H and O–H groups in total. The minimum atomic E-state index is -0.720. The van der Waals surface area contributed by atoms with Gasteiger partial charge in [-0.3, -0.25) is 9.00 Å². The van der Waals surface area contributed by atoms with Crippen molar-refractivity contribution < 1.29 is 9.00 Å². The monoisotopic (exact) mass is 258 g/mol. The molecule has 1 saturated heterocycles.